The van der Waals surface area contributed by atoms with Crippen LogP contribution in [0.15, 0.2) is 54.7 Å². The molecule has 3 aromatic rings. The van der Waals surface area contributed by atoms with Crippen LogP contribution in [-0.2, 0) is 0 Å². The van der Waals surface area contributed by atoms with Gasteiger partial charge in [0.15, 0.2) is 6.20 Å². The van der Waals surface area contributed by atoms with E-state index >= 15 is 0 Å². The molecule has 0 fully saturated rings. The fourth-order valence-corrected chi connectivity index (χ4v) is 2.47. The Hall–Kier alpha value is -3.08. The minimum atomic E-state index is -0.445. The molecule has 0 bridgehead atoms. The van der Waals surface area contributed by atoms with Crippen LogP contribution >= 0.6 is 0 Å². The standard InChI is InChI=1S/C18H14FN2O2/c1-23-13-6-4-5-12(11-13)18-17(20)15(9-10-21(18)22)14-7-2-3-8-16(14)19/h2,4-11H,20H2,1H3. The van der Waals surface area contributed by atoms with Crippen LogP contribution in [-0.4, -0.2) is 7.11 Å². The number of ether oxygens (including phenoxy) is 1. The largest absolute Gasteiger partial charge is 0.618 e. The van der Waals surface area contributed by atoms with Gasteiger partial charge >= 0.3 is 0 Å². The van der Waals surface area contributed by atoms with E-state index in [-0.39, 0.29) is 11.4 Å². The van der Waals surface area contributed by atoms with Gasteiger partial charge in [0.05, 0.1) is 12.7 Å². The molecule has 0 aliphatic rings. The number of pyridine rings is 1. The second kappa shape index (κ2) is 5.96. The average molecular weight is 309 g/mol. The third kappa shape index (κ3) is 2.68. The molecule has 1 heterocycles. The van der Waals surface area contributed by atoms with Crippen molar-refractivity contribution in [2.24, 2.45) is 0 Å². The van der Waals surface area contributed by atoms with E-state index in [1.54, 1.807) is 43.5 Å². The highest BCUT2D eigenvalue weighted by Crippen LogP contribution is 2.34. The van der Waals surface area contributed by atoms with Crippen molar-refractivity contribution in [3.05, 3.63) is 71.8 Å². The van der Waals surface area contributed by atoms with Gasteiger partial charge in [-0.25, -0.2) is 4.39 Å². The quantitative estimate of drug-likeness (QED) is 0.597. The van der Waals surface area contributed by atoms with Crippen molar-refractivity contribution < 1.29 is 13.9 Å². The van der Waals surface area contributed by atoms with Crippen molar-refractivity contribution in [2.45, 2.75) is 0 Å². The van der Waals surface area contributed by atoms with Gasteiger partial charge in [0.25, 0.3) is 0 Å². The van der Waals surface area contributed by atoms with E-state index in [2.05, 4.69) is 6.07 Å². The molecular formula is C18H14FN2O2. The van der Waals surface area contributed by atoms with Crippen molar-refractivity contribution in [3.63, 3.8) is 0 Å². The normalized spacial score (nSPS) is 10.5. The smallest absolute Gasteiger partial charge is 0.247 e. The number of methoxy groups -OCH3 is 1. The van der Waals surface area contributed by atoms with Gasteiger partial charge in [0.2, 0.25) is 5.69 Å². The van der Waals surface area contributed by atoms with Gasteiger partial charge < -0.3 is 15.7 Å². The third-order valence-electron chi connectivity index (χ3n) is 3.59. The summed E-state index contributed by atoms with van der Waals surface area (Å²) in [6.45, 7) is 0. The molecule has 0 saturated carbocycles. The number of aromatic nitrogens is 1. The summed E-state index contributed by atoms with van der Waals surface area (Å²) in [6, 6.07) is 15.6. The summed E-state index contributed by atoms with van der Waals surface area (Å²) >= 11 is 0. The Balaban J connectivity index is 2.22. The lowest BCUT2D eigenvalue weighted by atomic mass is 10.0. The monoisotopic (exact) mass is 309 g/mol. The van der Waals surface area contributed by atoms with Gasteiger partial charge in [-0.2, -0.15) is 4.73 Å². The molecule has 0 saturated heterocycles. The molecule has 0 aliphatic heterocycles. The predicted octanol–water partition coefficient (Wildman–Crippen LogP) is 3.18. The number of nitrogen functional groups attached to an aromatic ring is 1. The lowest BCUT2D eigenvalue weighted by Crippen LogP contribution is -2.30. The summed E-state index contributed by atoms with van der Waals surface area (Å²) in [6.07, 6.45) is 1.32. The van der Waals surface area contributed by atoms with Crippen LogP contribution in [0.4, 0.5) is 10.1 Å². The van der Waals surface area contributed by atoms with E-state index in [4.69, 9.17) is 10.5 Å². The maximum atomic E-state index is 14.0. The van der Waals surface area contributed by atoms with E-state index < -0.39 is 5.82 Å². The summed E-state index contributed by atoms with van der Waals surface area (Å²) in [5.41, 5.74) is 8.02. The van der Waals surface area contributed by atoms with Gasteiger partial charge in [0.1, 0.15) is 17.3 Å². The molecule has 0 spiro atoms. The van der Waals surface area contributed by atoms with Crippen LogP contribution in [0.1, 0.15) is 0 Å². The Labute approximate surface area is 133 Å². The molecule has 3 rings (SSSR count). The number of rotatable bonds is 3. The summed E-state index contributed by atoms with van der Waals surface area (Å²) in [4.78, 5) is 0. The molecule has 0 unspecified atom stereocenters. The number of anilines is 1. The first-order valence-electron chi connectivity index (χ1n) is 6.94. The lowest BCUT2D eigenvalue weighted by Gasteiger charge is -2.12. The third-order valence-corrected chi connectivity index (χ3v) is 3.59. The molecule has 2 N–H and O–H groups in total. The Bertz CT molecular complexity index is 865. The summed E-state index contributed by atoms with van der Waals surface area (Å²) in [7, 11) is 1.54. The van der Waals surface area contributed by atoms with Gasteiger partial charge in [-0.3, -0.25) is 0 Å². The van der Waals surface area contributed by atoms with Crippen LogP contribution in [0.3, 0.4) is 0 Å². The fourth-order valence-electron chi connectivity index (χ4n) is 2.47. The highest BCUT2D eigenvalue weighted by atomic mass is 19.1. The Morgan fingerprint density at radius 3 is 2.78 bits per heavy atom. The minimum Gasteiger partial charge on any atom is -0.618 e. The van der Waals surface area contributed by atoms with Crippen LogP contribution in [0.25, 0.3) is 22.4 Å². The SMILES string of the molecule is COc1cccc(-c2c(N)c(-c3cc[c]cc3F)cc[n+]2[O-])c1. The molecule has 0 amide bonds. The molecule has 4 nitrogen and oxygen atoms in total. The fraction of sp³-hybridized carbons (Fsp3) is 0.0556. The average Bonchev–Trinajstić information content (AvgIpc) is 2.56. The molecule has 1 radical (unpaired) electrons. The van der Waals surface area contributed by atoms with Crippen molar-refractivity contribution in [1.29, 1.82) is 0 Å². The predicted molar refractivity (Wildman–Crippen MR) is 86.0 cm³/mol. The minimum absolute atomic E-state index is 0.209. The van der Waals surface area contributed by atoms with Crippen LogP contribution in [0, 0.1) is 17.1 Å². The zero-order valence-electron chi connectivity index (χ0n) is 12.4. The number of nitrogens with two attached hydrogens (primary N) is 1. The molecule has 1 aromatic heterocycles. The van der Waals surface area contributed by atoms with Crippen molar-refractivity contribution in [1.82, 2.24) is 0 Å². The van der Waals surface area contributed by atoms with E-state index in [9.17, 15) is 9.60 Å². The molecule has 5 heteroatoms. The first kappa shape index (κ1) is 14.8. The van der Waals surface area contributed by atoms with Gasteiger partial charge in [-0.1, -0.05) is 18.2 Å². The zero-order valence-corrected chi connectivity index (χ0v) is 12.4. The molecule has 2 aromatic carbocycles. The molecule has 0 aliphatic carbocycles. The summed E-state index contributed by atoms with van der Waals surface area (Å²) < 4.78 is 19.9. The summed E-state index contributed by atoms with van der Waals surface area (Å²) in [5, 5.41) is 12.2. The molecule has 0 atom stereocenters. The van der Waals surface area contributed by atoms with E-state index in [0.29, 0.717) is 27.2 Å². The van der Waals surface area contributed by atoms with Gasteiger partial charge in [0, 0.05) is 17.2 Å². The number of nitrogens with zero attached hydrogens (tertiary/aromatic N) is 1. The second-order valence-corrected chi connectivity index (χ2v) is 4.96. The van der Waals surface area contributed by atoms with Gasteiger partial charge in [-0.05, 0) is 30.3 Å². The maximum absolute atomic E-state index is 14.0. The van der Waals surface area contributed by atoms with E-state index in [1.165, 1.54) is 18.3 Å². The first-order chi connectivity index (χ1) is 11.1. The Kier molecular flexibility index (Phi) is 3.85. The number of hydrogen-bond donors (Lipinski definition) is 1. The number of halogens is 1. The van der Waals surface area contributed by atoms with Crippen molar-refractivity contribution >= 4 is 5.69 Å². The number of benzene rings is 2. The maximum Gasteiger partial charge on any atom is 0.247 e. The lowest BCUT2D eigenvalue weighted by molar-refractivity contribution is -0.592. The Morgan fingerprint density at radius 2 is 2.04 bits per heavy atom. The zero-order chi connectivity index (χ0) is 16.4. The molecular weight excluding hydrogens is 295 g/mol. The molecule has 23 heavy (non-hydrogen) atoms. The Morgan fingerprint density at radius 1 is 1.22 bits per heavy atom. The molecule has 115 valence electrons. The van der Waals surface area contributed by atoms with Crippen LogP contribution < -0.4 is 15.2 Å². The van der Waals surface area contributed by atoms with Crippen molar-refractivity contribution in [2.75, 3.05) is 12.8 Å². The van der Waals surface area contributed by atoms with Gasteiger partial charge in [-0.15, -0.1) is 0 Å². The first-order valence-corrected chi connectivity index (χ1v) is 6.94. The highest BCUT2D eigenvalue weighted by Gasteiger charge is 2.20. The number of hydrogen-bond acceptors (Lipinski definition) is 3. The van der Waals surface area contributed by atoms with Crippen LogP contribution in [0.5, 0.6) is 5.75 Å². The second-order valence-electron chi connectivity index (χ2n) is 4.96. The van der Waals surface area contributed by atoms with E-state index in [0.717, 1.165) is 0 Å². The highest BCUT2D eigenvalue weighted by molar-refractivity contribution is 5.85. The van der Waals surface area contributed by atoms with Crippen molar-refractivity contribution in [3.8, 4) is 28.1 Å². The van der Waals surface area contributed by atoms with E-state index in [1.807, 2.05) is 0 Å². The summed E-state index contributed by atoms with van der Waals surface area (Å²) in [5.74, 6) is 0.159. The topological polar surface area (TPSA) is 62.2 Å². The van der Waals surface area contributed by atoms with Crippen LogP contribution in [0.2, 0.25) is 0 Å².